The Morgan fingerprint density at radius 2 is 1.64 bits per heavy atom. The Morgan fingerprint density at radius 3 is 2.40 bits per heavy atom. The molecule has 0 radical (unpaired) electrons. The first-order valence-corrected chi connectivity index (χ1v) is 15.3. The molecule has 7 heteroatoms. The van der Waals surface area contributed by atoms with Gasteiger partial charge in [-0.25, -0.2) is 0 Å². The molecule has 0 unspecified atom stereocenters. The summed E-state index contributed by atoms with van der Waals surface area (Å²) in [6, 6.07) is 29.8. The second-order valence-electron chi connectivity index (χ2n) is 10.8. The summed E-state index contributed by atoms with van der Waals surface area (Å²) in [4.78, 5) is 35.2. The normalized spacial score (nSPS) is 16.1. The van der Waals surface area contributed by atoms with E-state index in [9.17, 15) is 9.59 Å². The summed E-state index contributed by atoms with van der Waals surface area (Å²) in [5.74, 6) is -0.0770. The van der Waals surface area contributed by atoms with Crippen LogP contribution in [0.25, 0.3) is 6.08 Å². The highest BCUT2D eigenvalue weighted by atomic mass is 35.5. The molecule has 0 N–H and O–H groups in total. The van der Waals surface area contributed by atoms with Gasteiger partial charge in [-0.05, 0) is 66.9 Å². The van der Waals surface area contributed by atoms with E-state index in [0.29, 0.717) is 35.1 Å². The molecule has 4 aromatic carbocycles. The number of benzene rings is 4. The Kier molecular flexibility index (Phi) is 8.09. The molecule has 42 heavy (non-hydrogen) atoms. The molecule has 212 valence electrons. The number of nitrogens with zero attached hydrogens (tertiary/aromatic N) is 3. The fourth-order valence-electron chi connectivity index (χ4n) is 5.55. The number of amides is 2. The Morgan fingerprint density at radius 1 is 0.857 bits per heavy atom. The van der Waals surface area contributed by atoms with Gasteiger partial charge in [-0.1, -0.05) is 89.6 Å². The molecule has 0 bridgehead atoms. The molecule has 1 saturated heterocycles. The minimum Gasteiger partial charge on any atom is -0.368 e. The molecule has 0 spiro atoms. The Hall–Kier alpha value is -4.00. The molecule has 0 atom stereocenters. The zero-order valence-corrected chi connectivity index (χ0v) is 25.3. The van der Waals surface area contributed by atoms with E-state index >= 15 is 0 Å². The van der Waals surface area contributed by atoms with Crippen LogP contribution >= 0.6 is 23.4 Å². The van der Waals surface area contributed by atoms with Gasteiger partial charge >= 0.3 is 0 Å². The van der Waals surface area contributed by atoms with Crippen molar-refractivity contribution in [2.75, 3.05) is 36.0 Å². The van der Waals surface area contributed by atoms with Crippen LogP contribution < -0.4 is 9.80 Å². The molecular weight excluding hydrogens is 562 g/mol. The average molecular weight is 594 g/mol. The van der Waals surface area contributed by atoms with Crippen LogP contribution in [0.15, 0.2) is 101 Å². The molecule has 0 aromatic heterocycles. The summed E-state index contributed by atoms with van der Waals surface area (Å²) in [6.45, 7) is 7.27. The zero-order chi connectivity index (χ0) is 29.2. The molecular formula is C35H32ClN3O2S. The van der Waals surface area contributed by atoms with Gasteiger partial charge in [-0.15, -0.1) is 0 Å². The van der Waals surface area contributed by atoms with Gasteiger partial charge in [0.05, 0.1) is 17.1 Å². The van der Waals surface area contributed by atoms with Crippen LogP contribution in [0.1, 0.15) is 32.6 Å². The zero-order valence-electron chi connectivity index (χ0n) is 23.7. The minimum absolute atomic E-state index is 0.0150. The van der Waals surface area contributed by atoms with Crippen LogP contribution in [0.2, 0.25) is 5.02 Å². The summed E-state index contributed by atoms with van der Waals surface area (Å²) in [5, 5.41) is 0.715. The topological polar surface area (TPSA) is 43.9 Å². The molecule has 2 amide bonds. The summed E-state index contributed by atoms with van der Waals surface area (Å²) in [6.07, 6.45) is 1.94. The van der Waals surface area contributed by atoms with Crippen LogP contribution in [0, 0.1) is 13.8 Å². The summed E-state index contributed by atoms with van der Waals surface area (Å²) < 4.78 is 0. The lowest BCUT2D eigenvalue weighted by atomic mass is 10.1. The highest BCUT2D eigenvalue weighted by Crippen LogP contribution is 2.43. The molecule has 1 fully saturated rings. The summed E-state index contributed by atoms with van der Waals surface area (Å²) >= 11 is 7.72. The van der Waals surface area contributed by atoms with Gasteiger partial charge in [0.15, 0.2) is 0 Å². The van der Waals surface area contributed by atoms with E-state index in [2.05, 4.69) is 30.9 Å². The van der Waals surface area contributed by atoms with Crippen molar-refractivity contribution in [1.29, 1.82) is 0 Å². The van der Waals surface area contributed by atoms with Gasteiger partial charge in [0, 0.05) is 47.3 Å². The van der Waals surface area contributed by atoms with Crippen LogP contribution in [-0.2, 0) is 11.3 Å². The smallest absolute Gasteiger partial charge is 0.265 e. The lowest BCUT2D eigenvalue weighted by Gasteiger charge is -2.37. The Labute approximate surface area is 256 Å². The van der Waals surface area contributed by atoms with Crippen molar-refractivity contribution in [3.8, 4) is 0 Å². The third-order valence-electron chi connectivity index (χ3n) is 7.77. The number of anilines is 2. The number of halogens is 1. The van der Waals surface area contributed by atoms with Gasteiger partial charge in [0.2, 0.25) is 0 Å². The Bertz CT molecular complexity index is 1680. The van der Waals surface area contributed by atoms with E-state index in [0.717, 1.165) is 46.1 Å². The van der Waals surface area contributed by atoms with Crippen molar-refractivity contribution in [2.24, 2.45) is 0 Å². The van der Waals surface area contributed by atoms with Gasteiger partial charge in [-0.3, -0.25) is 9.59 Å². The molecule has 0 saturated carbocycles. The summed E-state index contributed by atoms with van der Waals surface area (Å²) in [5.41, 5.74) is 6.82. The number of rotatable bonds is 5. The van der Waals surface area contributed by atoms with Crippen molar-refractivity contribution in [1.82, 2.24) is 4.90 Å². The number of hydrogen-bond acceptors (Lipinski definition) is 4. The molecule has 0 aliphatic carbocycles. The monoisotopic (exact) mass is 593 g/mol. The second-order valence-corrected chi connectivity index (χ2v) is 12.3. The van der Waals surface area contributed by atoms with Gasteiger partial charge in [-0.2, -0.15) is 0 Å². The number of thioether (sulfide) groups is 1. The second kappa shape index (κ2) is 12.1. The maximum Gasteiger partial charge on any atom is 0.265 e. The Balaban J connectivity index is 1.27. The average Bonchev–Trinajstić information content (AvgIpc) is 3.00. The first kappa shape index (κ1) is 28.1. The maximum absolute atomic E-state index is 13.9. The number of hydrogen-bond donors (Lipinski definition) is 0. The molecule has 4 aromatic rings. The fraction of sp³-hybridized carbons (Fsp3) is 0.200. The van der Waals surface area contributed by atoms with Crippen molar-refractivity contribution in [3.63, 3.8) is 0 Å². The van der Waals surface area contributed by atoms with Crippen molar-refractivity contribution in [3.05, 3.63) is 129 Å². The predicted molar refractivity (Wildman–Crippen MR) is 173 cm³/mol. The largest absolute Gasteiger partial charge is 0.368 e. The maximum atomic E-state index is 13.9. The molecule has 2 aliphatic heterocycles. The lowest BCUT2D eigenvalue weighted by molar-refractivity contribution is -0.114. The quantitative estimate of drug-likeness (QED) is 0.224. The standard InChI is InChI=1S/C35H32ClN3O2S/c1-24-7-6-10-27(19-24)23-39-31-21-28(12-14-32(31)42-33(35(39)41)20-26-8-4-3-5-9-26)34(40)38-17-15-37(16-18-38)30-22-29(36)13-11-25(30)2/h3-14,19-22H,15-18,23H2,1-2H3/b33-20-. The highest BCUT2D eigenvalue weighted by molar-refractivity contribution is 8.04. The van der Waals surface area contributed by atoms with E-state index in [-0.39, 0.29) is 11.8 Å². The van der Waals surface area contributed by atoms with E-state index in [1.54, 1.807) is 0 Å². The number of carbonyl (C=O) groups is 2. The van der Waals surface area contributed by atoms with Crippen LogP contribution in [0.5, 0.6) is 0 Å². The van der Waals surface area contributed by atoms with E-state index < -0.39 is 0 Å². The molecule has 2 aliphatic rings. The van der Waals surface area contributed by atoms with Gasteiger partial charge in [0.1, 0.15) is 0 Å². The molecule has 6 rings (SSSR count). The first-order chi connectivity index (χ1) is 20.4. The third-order valence-corrected chi connectivity index (χ3v) is 9.08. The van der Waals surface area contributed by atoms with Gasteiger partial charge in [0.25, 0.3) is 11.8 Å². The lowest BCUT2D eigenvalue weighted by Crippen LogP contribution is -2.49. The van der Waals surface area contributed by atoms with Crippen molar-refractivity contribution < 1.29 is 9.59 Å². The first-order valence-electron chi connectivity index (χ1n) is 14.1. The fourth-order valence-corrected chi connectivity index (χ4v) is 6.76. The van der Waals surface area contributed by atoms with E-state index in [1.807, 2.05) is 94.7 Å². The molecule has 5 nitrogen and oxygen atoms in total. The SMILES string of the molecule is Cc1cccc(CN2C(=O)/C(=C/c3ccccc3)Sc3ccc(C(=O)N4CCN(c5cc(Cl)ccc5C)CC4)cc32)c1. The van der Waals surface area contributed by atoms with Crippen molar-refractivity contribution >= 4 is 52.6 Å². The van der Waals surface area contributed by atoms with Crippen LogP contribution in [-0.4, -0.2) is 42.9 Å². The van der Waals surface area contributed by atoms with E-state index in [1.165, 1.54) is 17.3 Å². The number of aryl methyl sites for hydroxylation is 2. The van der Waals surface area contributed by atoms with E-state index in [4.69, 9.17) is 11.6 Å². The number of piperazine rings is 1. The highest BCUT2D eigenvalue weighted by Gasteiger charge is 2.31. The number of fused-ring (bicyclic) bond motifs is 1. The van der Waals surface area contributed by atoms with Crippen LogP contribution in [0.3, 0.4) is 0 Å². The van der Waals surface area contributed by atoms with Gasteiger partial charge < -0.3 is 14.7 Å². The summed E-state index contributed by atoms with van der Waals surface area (Å²) in [7, 11) is 0. The predicted octanol–water partition coefficient (Wildman–Crippen LogP) is 7.60. The third kappa shape index (κ3) is 5.96. The molecule has 2 heterocycles. The minimum atomic E-state index is -0.0621. The van der Waals surface area contributed by atoms with Crippen LogP contribution in [0.4, 0.5) is 11.4 Å². The number of carbonyl (C=O) groups excluding carboxylic acids is 2. The van der Waals surface area contributed by atoms with Crippen molar-refractivity contribution in [2.45, 2.75) is 25.3 Å².